The Kier molecular flexibility index (Phi) is 5.31. The highest BCUT2D eigenvalue weighted by molar-refractivity contribution is 7.89. The Hall–Kier alpha value is -1.12. The first-order valence-electron chi connectivity index (χ1n) is 6.65. The first-order chi connectivity index (χ1) is 9.81. The van der Waals surface area contributed by atoms with Crippen molar-refractivity contribution in [3.8, 4) is 0 Å². The summed E-state index contributed by atoms with van der Waals surface area (Å²) in [5.74, 6) is 0. The molecule has 4 nitrogen and oxygen atoms in total. The molecule has 8 heteroatoms. The second kappa shape index (κ2) is 6.17. The third kappa shape index (κ3) is 4.21. The third-order valence-corrected chi connectivity index (χ3v) is 5.23. The molecule has 22 heavy (non-hydrogen) atoms. The Morgan fingerprint density at radius 1 is 1.23 bits per heavy atom. The van der Waals surface area contributed by atoms with Crippen LogP contribution in [-0.4, -0.2) is 32.9 Å². The van der Waals surface area contributed by atoms with E-state index >= 15 is 0 Å². The topological polar surface area (TPSA) is 63.4 Å². The van der Waals surface area contributed by atoms with Gasteiger partial charge in [-0.1, -0.05) is 19.9 Å². The van der Waals surface area contributed by atoms with Crippen molar-refractivity contribution in [1.82, 2.24) is 4.31 Å². The number of halogens is 3. The van der Waals surface area contributed by atoms with E-state index in [1.807, 2.05) is 0 Å². The van der Waals surface area contributed by atoms with E-state index in [2.05, 4.69) is 0 Å². The number of aryl methyl sites for hydroxylation is 1. The van der Waals surface area contributed by atoms with Gasteiger partial charge in [0.2, 0.25) is 10.0 Å². The summed E-state index contributed by atoms with van der Waals surface area (Å²) in [6.07, 6.45) is -4.59. The predicted molar refractivity (Wildman–Crippen MR) is 78.8 cm³/mol. The molecule has 1 aromatic rings. The van der Waals surface area contributed by atoms with E-state index in [-0.39, 0.29) is 23.5 Å². The second-order valence-corrected chi connectivity index (χ2v) is 8.15. The van der Waals surface area contributed by atoms with E-state index in [1.165, 1.54) is 20.0 Å². The smallest absolute Gasteiger partial charge is 0.330 e. The molecule has 1 rings (SSSR count). The Morgan fingerprint density at radius 3 is 2.23 bits per heavy atom. The maximum atomic E-state index is 12.9. The van der Waals surface area contributed by atoms with Crippen molar-refractivity contribution >= 4 is 10.0 Å². The van der Waals surface area contributed by atoms with Gasteiger partial charge in [-0.15, -0.1) is 0 Å². The average molecular weight is 338 g/mol. The van der Waals surface area contributed by atoms with Crippen molar-refractivity contribution < 1.29 is 21.6 Å². The summed E-state index contributed by atoms with van der Waals surface area (Å²) in [4.78, 5) is -0.374. The zero-order chi connectivity index (χ0) is 17.3. The van der Waals surface area contributed by atoms with Gasteiger partial charge in [-0.25, -0.2) is 12.7 Å². The summed E-state index contributed by atoms with van der Waals surface area (Å²) >= 11 is 0. The summed E-state index contributed by atoms with van der Waals surface area (Å²) in [5, 5.41) is 0. The van der Waals surface area contributed by atoms with Crippen molar-refractivity contribution in [1.29, 1.82) is 0 Å². The van der Waals surface area contributed by atoms with E-state index < -0.39 is 27.2 Å². The van der Waals surface area contributed by atoms with Gasteiger partial charge in [-0.3, -0.25) is 0 Å². The van der Waals surface area contributed by atoms with Crippen molar-refractivity contribution in [2.45, 2.75) is 31.8 Å². The zero-order valence-corrected chi connectivity index (χ0v) is 13.8. The van der Waals surface area contributed by atoms with Crippen LogP contribution < -0.4 is 5.73 Å². The Balaban J connectivity index is 3.24. The minimum atomic E-state index is -4.59. The van der Waals surface area contributed by atoms with Crippen LogP contribution in [0.2, 0.25) is 0 Å². The fourth-order valence-electron chi connectivity index (χ4n) is 2.00. The molecule has 0 fully saturated rings. The molecule has 0 radical (unpaired) electrons. The van der Waals surface area contributed by atoms with Crippen LogP contribution in [-0.2, 0) is 16.2 Å². The summed E-state index contributed by atoms with van der Waals surface area (Å²) in [5.41, 5.74) is 4.13. The summed E-state index contributed by atoms with van der Waals surface area (Å²) in [6.45, 7) is 5.24. The minimum Gasteiger partial charge on any atom is -0.330 e. The third-order valence-electron chi connectivity index (χ3n) is 3.43. The molecule has 0 saturated carbocycles. The van der Waals surface area contributed by atoms with E-state index in [9.17, 15) is 21.6 Å². The molecular formula is C14H21F3N2O2S. The molecule has 0 saturated heterocycles. The first kappa shape index (κ1) is 18.9. The lowest BCUT2D eigenvalue weighted by Gasteiger charge is -2.28. The first-order valence-corrected chi connectivity index (χ1v) is 8.09. The van der Waals surface area contributed by atoms with E-state index in [4.69, 9.17) is 5.73 Å². The predicted octanol–water partition coefficient (Wildman–Crippen LogP) is 2.62. The number of nitrogens with two attached hydrogens (primary N) is 1. The van der Waals surface area contributed by atoms with Crippen molar-refractivity contribution in [3.63, 3.8) is 0 Å². The van der Waals surface area contributed by atoms with Gasteiger partial charge in [-0.05, 0) is 36.6 Å². The fraction of sp³-hybridized carbons (Fsp3) is 0.571. The molecule has 0 aliphatic heterocycles. The SMILES string of the molecule is Cc1ccc(S(=O)(=O)N(C)CC(C)(C)CN)cc1C(F)(F)F. The summed E-state index contributed by atoms with van der Waals surface area (Å²) in [6, 6.07) is 3.03. The van der Waals surface area contributed by atoms with Gasteiger partial charge in [0.1, 0.15) is 0 Å². The van der Waals surface area contributed by atoms with Crippen LogP contribution in [0.1, 0.15) is 25.0 Å². The quantitative estimate of drug-likeness (QED) is 0.898. The van der Waals surface area contributed by atoms with E-state index in [0.29, 0.717) is 6.07 Å². The van der Waals surface area contributed by atoms with Crippen LogP contribution in [0.25, 0.3) is 0 Å². The normalized spacial score (nSPS) is 13.7. The standard InChI is InChI=1S/C14H21F3N2O2S/c1-10-5-6-11(7-12(10)14(15,16)17)22(20,21)19(4)9-13(2,3)8-18/h5-7H,8-9,18H2,1-4H3. The minimum absolute atomic E-state index is 0.0172. The van der Waals surface area contributed by atoms with Crippen molar-refractivity contribution in [2.75, 3.05) is 20.1 Å². The number of hydrogen-bond donors (Lipinski definition) is 1. The van der Waals surface area contributed by atoms with Crippen LogP contribution in [0.15, 0.2) is 23.1 Å². The Morgan fingerprint density at radius 2 is 1.77 bits per heavy atom. The molecule has 1 aromatic carbocycles. The molecular weight excluding hydrogens is 317 g/mol. The van der Waals surface area contributed by atoms with Crippen LogP contribution in [0.5, 0.6) is 0 Å². The van der Waals surface area contributed by atoms with Crippen molar-refractivity contribution in [2.24, 2.45) is 11.1 Å². The molecule has 0 bridgehead atoms. The highest BCUT2D eigenvalue weighted by Gasteiger charge is 2.35. The zero-order valence-electron chi connectivity index (χ0n) is 13.0. The van der Waals surface area contributed by atoms with Gasteiger partial charge in [-0.2, -0.15) is 13.2 Å². The van der Waals surface area contributed by atoms with Crippen LogP contribution in [0.4, 0.5) is 13.2 Å². The molecule has 126 valence electrons. The van der Waals surface area contributed by atoms with Crippen molar-refractivity contribution in [3.05, 3.63) is 29.3 Å². The summed E-state index contributed by atoms with van der Waals surface area (Å²) in [7, 11) is -2.67. The van der Waals surface area contributed by atoms with Gasteiger partial charge < -0.3 is 5.73 Å². The molecule has 0 aliphatic carbocycles. The summed E-state index contributed by atoms with van der Waals surface area (Å²) < 4.78 is 64.7. The molecule has 0 heterocycles. The fourth-order valence-corrected chi connectivity index (χ4v) is 3.39. The molecule has 0 atom stereocenters. The van der Waals surface area contributed by atoms with E-state index in [1.54, 1.807) is 13.8 Å². The maximum Gasteiger partial charge on any atom is 0.416 e. The van der Waals surface area contributed by atoms with Gasteiger partial charge >= 0.3 is 6.18 Å². The molecule has 2 N–H and O–H groups in total. The lowest BCUT2D eigenvalue weighted by atomic mass is 9.94. The van der Waals surface area contributed by atoms with Gasteiger partial charge in [0.25, 0.3) is 0 Å². The van der Waals surface area contributed by atoms with Gasteiger partial charge in [0.05, 0.1) is 10.5 Å². The molecule has 0 unspecified atom stereocenters. The molecule has 0 amide bonds. The number of rotatable bonds is 5. The monoisotopic (exact) mass is 338 g/mol. The number of benzene rings is 1. The van der Waals surface area contributed by atoms with Crippen LogP contribution >= 0.6 is 0 Å². The number of nitrogens with zero attached hydrogens (tertiary/aromatic N) is 1. The Labute approximate surface area is 129 Å². The lowest BCUT2D eigenvalue weighted by Crippen LogP contribution is -2.39. The number of alkyl halides is 3. The van der Waals surface area contributed by atoms with Gasteiger partial charge in [0, 0.05) is 13.6 Å². The average Bonchev–Trinajstić information content (AvgIpc) is 2.37. The van der Waals surface area contributed by atoms with E-state index in [0.717, 1.165) is 10.4 Å². The number of sulfonamides is 1. The Bertz CT molecular complexity index is 640. The molecule has 0 aromatic heterocycles. The molecule has 0 spiro atoms. The highest BCUT2D eigenvalue weighted by atomic mass is 32.2. The van der Waals surface area contributed by atoms with Crippen LogP contribution in [0, 0.1) is 12.3 Å². The second-order valence-electron chi connectivity index (χ2n) is 6.10. The van der Waals surface area contributed by atoms with Crippen LogP contribution in [0.3, 0.4) is 0 Å². The number of hydrogen-bond acceptors (Lipinski definition) is 3. The largest absolute Gasteiger partial charge is 0.416 e. The maximum absolute atomic E-state index is 12.9. The van der Waals surface area contributed by atoms with Gasteiger partial charge in [0.15, 0.2) is 0 Å². The molecule has 0 aliphatic rings. The highest BCUT2D eigenvalue weighted by Crippen LogP contribution is 2.34. The lowest BCUT2D eigenvalue weighted by molar-refractivity contribution is -0.138.